The van der Waals surface area contributed by atoms with Gasteiger partial charge in [-0.15, -0.1) is 0 Å². The maximum atomic E-state index is 12.5. The van der Waals surface area contributed by atoms with Gasteiger partial charge in [0.2, 0.25) is 0 Å². The Bertz CT molecular complexity index is 927. The van der Waals surface area contributed by atoms with Gasteiger partial charge in [-0.05, 0) is 49.4 Å². The van der Waals surface area contributed by atoms with Crippen LogP contribution >= 0.6 is 0 Å². The molecule has 0 saturated carbocycles. The number of amides is 1. The van der Waals surface area contributed by atoms with Crippen molar-refractivity contribution in [3.05, 3.63) is 83.9 Å². The molecular formula is C21H17F2NO3. The molecule has 0 radical (unpaired) electrons. The van der Waals surface area contributed by atoms with Crippen molar-refractivity contribution in [2.24, 2.45) is 0 Å². The molecule has 0 fully saturated rings. The molecule has 0 spiro atoms. The Kier molecular flexibility index (Phi) is 5.66. The summed E-state index contributed by atoms with van der Waals surface area (Å²) in [5.74, 6) is 0.556. The van der Waals surface area contributed by atoms with Crippen LogP contribution in [0.2, 0.25) is 0 Å². The first-order valence-electron chi connectivity index (χ1n) is 8.21. The Morgan fingerprint density at radius 2 is 1.67 bits per heavy atom. The first-order chi connectivity index (χ1) is 13.0. The minimum Gasteiger partial charge on any atom is -0.455 e. The summed E-state index contributed by atoms with van der Waals surface area (Å²) in [5, 5.41) is 2.73. The third-order valence-corrected chi connectivity index (χ3v) is 3.71. The van der Waals surface area contributed by atoms with E-state index in [1.165, 1.54) is 24.3 Å². The highest BCUT2D eigenvalue weighted by molar-refractivity contribution is 6.05. The number of para-hydroxylation sites is 2. The summed E-state index contributed by atoms with van der Waals surface area (Å²) in [7, 11) is 0. The first kappa shape index (κ1) is 18.4. The van der Waals surface area contributed by atoms with Gasteiger partial charge in [-0.25, -0.2) is 0 Å². The maximum Gasteiger partial charge on any atom is 0.387 e. The molecule has 0 aliphatic rings. The third-order valence-electron chi connectivity index (χ3n) is 3.71. The fraction of sp³-hybridized carbons (Fsp3) is 0.0952. The highest BCUT2D eigenvalue weighted by atomic mass is 19.3. The number of nitrogens with one attached hydrogen (secondary N) is 1. The molecule has 0 aliphatic heterocycles. The second kappa shape index (κ2) is 8.31. The number of carbonyl (C=O) groups excluding carboxylic acids is 1. The van der Waals surface area contributed by atoms with E-state index >= 15 is 0 Å². The van der Waals surface area contributed by atoms with E-state index in [4.69, 9.17) is 4.74 Å². The summed E-state index contributed by atoms with van der Waals surface area (Å²) in [6, 6.07) is 20.1. The number of halogens is 2. The predicted octanol–water partition coefficient (Wildman–Crippen LogP) is 5.64. The molecule has 27 heavy (non-hydrogen) atoms. The fourth-order valence-corrected chi connectivity index (χ4v) is 2.40. The van der Waals surface area contributed by atoms with Crippen LogP contribution in [0.4, 0.5) is 14.5 Å². The summed E-state index contributed by atoms with van der Waals surface area (Å²) >= 11 is 0. The van der Waals surface area contributed by atoms with Gasteiger partial charge in [0.15, 0.2) is 5.75 Å². The van der Waals surface area contributed by atoms with E-state index in [0.29, 0.717) is 17.2 Å². The molecule has 4 nitrogen and oxygen atoms in total. The number of hydrogen-bond acceptors (Lipinski definition) is 3. The molecule has 3 aromatic carbocycles. The fourth-order valence-electron chi connectivity index (χ4n) is 2.40. The summed E-state index contributed by atoms with van der Waals surface area (Å²) in [6.07, 6.45) is 0. The minimum absolute atomic E-state index is 0.0816. The Balaban J connectivity index is 1.77. The highest BCUT2D eigenvalue weighted by Gasteiger charge is 2.12. The number of aryl methyl sites for hydroxylation is 1. The zero-order chi connectivity index (χ0) is 19.2. The number of rotatable bonds is 6. The number of alkyl halides is 2. The maximum absolute atomic E-state index is 12.5. The molecule has 0 unspecified atom stereocenters. The van der Waals surface area contributed by atoms with Crippen LogP contribution in [-0.4, -0.2) is 12.5 Å². The van der Waals surface area contributed by atoms with Crippen molar-refractivity contribution in [1.82, 2.24) is 0 Å². The Labute approximate surface area is 155 Å². The summed E-state index contributed by atoms with van der Waals surface area (Å²) < 4.78 is 34.9. The van der Waals surface area contributed by atoms with Crippen LogP contribution in [-0.2, 0) is 0 Å². The number of anilines is 1. The molecule has 3 aromatic rings. The van der Waals surface area contributed by atoms with Crippen molar-refractivity contribution in [3.63, 3.8) is 0 Å². The van der Waals surface area contributed by atoms with Gasteiger partial charge < -0.3 is 14.8 Å². The van der Waals surface area contributed by atoms with Crippen LogP contribution in [0.1, 0.15) is 15.9 Å². The van der Waals surface area contributed by atoms with Crippen molar-refractivity contribution >= 4 is 11.6 Å². The second-order valence-electron chi connectivity index (χ2n) is 5.77. The molecule has 0 aliphatic carbocycles. The van der Waals surface area contributed by atoms with Gasteiger partial charge in [0.05, 0.1) is 5.69 Å². The minimum atomic E-state index is -2.95. The lowest BCUT2D eigenvalue weighted by atomic mass is 10.2. The zero-order valence-electron chi connectivity index (χ0n) is 14.5. The largest absolute Gasteiger partial charge is 0.455 e. The Morgan fingerprint density at radius 3 is 2.41 bits per heavy atom. The van der Waals surface area contributed by atoms with E-state index in [0.717, 1.165) is 5.56 Å². The van der Waals surface area contributed by atoms with E-state index in [1.807, 2.05) is 31.2 Å². The average Bonchev–Trinajstić information content (AvgIpc) is 2.65. The van der Waals surface area contributed by atoms with Crippen LogP contribution < -0.4 is 14.8 Å². The van der Waals surface area contributed by atoms with Crippen molar-refractivity contribution in [3.8, 4) is 17.2 Å². The number of hydrogen-bond donors (Lipinski definition) is 1. The van der Waals surface area contributed by atoms with E-state index in [-0.39, 0.29) is 11.3 Å². The van der Waals surface area contributed by atoms with Crippen LogP contribution in [0.5, 0.6) is 17.2 Å². The summed E-state index contributed by atoms with van der Waals surface area (Å²) in [5.41, 5.74) is 1.76. The van der Waals surface area contributed by atoms with Crippen LogP contribution in [0, 0.1) is 6.92 Å². The van der Waals surface area contributed by atoms with Crippen molar-refractivity contribution in [1.29, 1.82) is 0 Å². The molecule has 0 aromatic heterocycles. The molecule has 0 heterocycles. The van der Waals surface area contributed by atoms with E-state index in [9.17, 15) is 13.6 Å². The Morgan fingerprint density at radius 1 is 0.926 bits per heavy atom. The topological polar surface area (TPSA) is 47.6 Å². The summed E-state index contributed by atoms with van der Waals surface area (Å²) in [6.45, 7) is -0.976. The lowest BCUT2D eigenvalue weighted by molar-refractivity contribution is -0.0498. The molecule has 1 N–H and O–H groups in total. The lowest BCUT2D eigenvalue weighted by Crippen LogP contribution is -2.13. The van der Waals surface area contributed by atoms with Gasteiger partial charge in [0.25, 0.3) is 5.91 Å². The molecule has 0 saturated heterocycles. The second-order valence-corrected chi connectivity index (χ2v) is 5.77. The number of benzene rings is 3. The molecule has 1 amide bonds. The van der Waals surface area contributed by atoms with Crippen LogP contribution in [0.25, 0.3) is 0 Å². The molecule has 6 heteroatoms. The third kappa shape index (κ3) is 5.04. The Hall–Kier alpha value is -3.41. The van der Waals surface area contributed by atoms with E-state index in [2.05, 4.69) is 10.1 Å². The normalized spacial score (nSPS) is 10.5. The number of carbonyl (C=O) groups is 1. The zero-order valence-corrected chi connectivity index (χ0v) is 14.5. The first-order valence-corrected chi connectivity index (χ1v) is 8.21. The van der Waals surface area contributed by atoms with Gasteiger partial charge in [-0.1, -0.05) is 35.9 Å². The van der Waals surface area contributed by atoms with Crippen LogP contribution in [0.15, 0.2) is 72.8 Å². The highest BCUT2D eigenvalue weighted by Crippen LogP contribution is 2.30. The average molecular weight is 369 g/mol. The molecule has 0 atom stereocenters. The predicted molar refractivity (Wildman–Crippen MR) is 98.7 cm³/mol. The number of ether oxygens (including phenoxy) is 2. The van der Waals surface area contributed by atoms with Gasteiger partial charge in [-0.2, -0.15) is 8.78 Å². The van der Waals surface area contributed by atoms with Gasteiger partial charge >= 0.3 is 6.61 Å². The van der Waals surface area contributed by atoms with Crippen LogP contribution in [0.3, 0.4) is 0 Å². The lowest BCUT2D eigenvalue weighted by Gasteiger charge is -2.13. The molecule has 138 valence electrons. The molecular weight excluding hydrogens is 352 g/mol. The van der Waals surface area contributed by atoms with Crippen molar-refractivity contribution < 1.29 is 23.0 Å². The van der Waals surface area contributed by atoms with Crippen molar-refractivity contribution in [2.75, 3.05) is 5.32 Å². The van der Waals surface area contributed by atoms with Gasteiger partial charge in [0.1, 0.15) is 11.5 Å². The van der Waals surface area contributed by atoms with Gasteiger partial charge in [0, 0.05) is 5.56 Å². The SMILES string of the molecule is Cc1ccc(Oc2ccccc2NC(=O)c2cccc(OC(F)F)c2)cc1. The van der Waals surface area contributed by atoms with E-state index in [1.54, 1.807) is 24.3 Å². The van der Waals surface area contributed by atoms with Crippen molar-refractivity contribution in [2.45, 2.75) is 13.5 Å². The summed E-state index contributed by atoms with van der Waals surface area (Å²) in [4.78, 5) is 12.5. The molecule has 0 bridgehead atoms. The molecule has 3 rings (SSSR count). The van der Waals surface area contributed by atoms with Gasteiger partial charge in [-0.3, -0.25) is 4.79 Å². The standard InChI is InChI=1S/C21H17F2NO3/c1-14-9-11-16(12-10-14)26-19-8-3-2-7-18(19)24-20(25)15-5-4-6-17(13-15)27-21(22)23/h2-13,21H,1H3,(H,24,25). The monoisotopic (exact) mass is 369 g/mol. The quantitative estimate of drug-likeness (QED) is 0.612. The smallest absolute Gasteiger partial charge is 0.387 e. The van der Waals surface area contributed by atoms with E-state index < -0.39 is 12.5 Å².